The van der Waals surface area contributed by atoms with Gasteiger partial charge in [-0.1, -0.05) is 29.8 Å². The third-order valence-corrected chi connectivity index (χ3v) is 4.69. The molecule has 0 aromatic heterocycles. The topological polar surface area (TPSA) is 72.5 Å². The first kappa shape index (κ1) is 17.3. The van der Waals surface area contributed by atoms with Gasteiger partial charge in [0, 0.05) is 5.02 Å². The standard InChI is InChI=1S/C16H16ClNO4S/c1-11-3-6-13(16(19)22-2)9-15(11)18-23(20,21)10-12-4-7-14(17)8-5-12/h3-9,18H,10H2,1-2H3. The van der Waals surface area contributed by atoms with E-state index < -0.39 is 16.0 Å². The van der Waals surface area contributed by atoms with Crippen LogP contribution in [0.4, 0.5) is 5.69 Å². The van der Waals surface area contributed by atoms with Gasteiger partial charge in [-0.05, 0) is 42.3 Å². The van der Waals surface area contributed by atoms with Crippen LogP contribution in [0.15, 0.2) is 42.5 Å². The van der Waals surface area contributed by atoms with E-state index in [0.29, 0.717) is 21.8 Å². The lowest BCUT2D eigenvalue weighted by molar-refractivity contribution is 0.0601. The van der Waals surface area contributed by atoms with Gasteiger partial charge in [0.25, 0.3) is 0 Å². The van der Waals surface area contributed by atoms with Crippen molar-refractivity contribution >= 4 is 33.3 Å². The average Bonchev–Trinajstić information content (AvgIpc) is 2.50. The fourth-order valence-electron chi connectivity index (χ4n) is 1.98. The van der Waals surface area contributed by atoms with E-state index in [0.717, 1.165) is 0 Å². The molecular formula is C16H16ClNO4S. The molecule has 0 unspecified atom stereocenters. The number of carbonyl (C=O) groups is 1. The number of hydrogen-bond acceptors (Lipinski definition) is 4. The van der Waals surface area contributed by atoms with E-state index >= 15 is 0 Å². The number of methoxy groups -OCH3 is 1. The maximum atomic E-state index is 12.3. The minimum atomic E-state index is -3.62. The molecule has 0 radical (unpaired) electrons. The van der Waals surface area contributed by atoms with Gasteiger partial charge in [-0.2, -0.15) is 0 Å². The van der Waals surface area contributed by atoms with Crippen LogP contribution in [0.2, 0.25) is 5.02 Å². The lowest BCUT2D eigenvalue weighted by Gasteiger charge is -2.12. The van der Waals surface area contributed by atoms with Crippen LogP contribution in [-0.4, -0.2) is 21.5 Å². The highest BCUT2D eigenvalue weighted by atomic mass is 35.5. The number of sulfonamides is 1. The van der Waals surface area contributed by atoms with E-state index in [1.807, 2.05) is 0 Å². The molecule has 0 aliphatic rings. The molecule has 0 spiro atoms. The molecule has 0 aliphatic carbocycles. The van der Waals surface area contributed by atoms with Gasteiger partial charge in [0.15, 0.2) is 0 Å². The van der Waals surface area contributed by atoms with E-state index in [-0.39, 0.29) is 11.3 Å². The monoisotopic (exact) mass is 353 g/mol. The van der Waals surface area contributed by atoms with Crippen molar-refractivity contribution in [3.05, 3.63) is 64.2 Å². The highest BCUT2D eigenvalue weighted by molar-refractivity contribution is 7.91. The van der Waals surface area contributed by atoms with Crippen LogP contribution in [0.3, 0.4) is 0 Å². The number of halogens is 1. The van der Waals surface area contributed by atoms with Crippen molar-refractivity contribution in [1.29, 1.82) is 0 Å². The van der Waals surface area contributed by atoms with Gasteiger partial charge in [0.05, 0.1) is 24.1 Å². The zero-order valence-electron chi connectivity index (χ0n) is 12.7. The highest BCUT2D eigenvalue weighted by Gasteiger charge is 2.15. The normalized spacial score (nSPS) is 11.1. The molecule has 2 aromatic rings. The molecule has 0 bridgehead atoms. The van der Waals surface area contributed by atoms with Gasteiger partial charge in [-0.3, -0.25) is 4.72 Å². The summed E-state index contributed by atoms with van der Waals surface area (Å²) < 4.78 is 31.7. The third kappa shape index (κ3) is 4.71. The van der Waals surface area contributed by atoms with E-state index in [1.165, 1.54) is 13.2 Å². The molecule has 1 N–H and O–H groups in total. The van der Waals surface area contributed by atoms with Crippen molar-refractivity contribution in [1.82, 2.24) is 0 Å². The Hall–Kier alpha value is -2.05. The quantitative estimate of drug-likeness (QED) is 0.836. The number of carbonyl (C=O) groups excluding carboxylic acids is 1. The Morgan fingerprint density at radius 2 is 1.83 bits per heavy atom. The van der Waals surface area contributed by atoms with Crippen LogP contribution in [-0.2, 0) is 20.5 Å². The Labute approximate surface area is 140 Å². The highest BCUT2D eigenvalue weighted by Crippen LogP contribution is 2.20. The molecule has 0 heterocycles. The Bertz CT molecular complexity index is 816. The van der Waals surface area contributed by atoms with E-state index in [1.54, 1.807) is 43.3 Å². The predicted molar refractivity (Wildman–Crippen MR) is 90.2 cm³/mol. The van der Waals surface area contributed by atoms with Gasteiger partial charge in [0.2, 0.25) is 10.0 Å². The Balaban J connectivity index is 2.22. The van der Waals surface area contributed by atoms with Gasteiger partial charge in [-0.15, -0.1) is 0 Å². The van der Waals surface area contributed by atoms with Crippen molar-refractivity contribution in [3.63, 3.8) is 0 Å². The summed E-state index contributed by atoms with van der Waals surface area (Å²) in [5, 5.41) is 0.542. The van der Waals surface area contributed by atoms with Gasteiger partial charge >= 0.3 is 5.97 Å². The SMILES string of the molecule is COC(=O)c1ccc(C)c(NS(=O)(=O)Cc2ccc(Cl)cc2)c1. The first-order valence-corrected chi connectivity index (χ1v) is 8.77. The van der Waals surface area contributed by atoms with Gasteiger partial charge in [0.1, 0.15) is 0 Å². The predicted octanol–water partition coefficient (Wildman–Crippen LogP) is 3.38. The van der Waals surface area contributed by atoms with Crippen LogP contribution >= 0.6 is 11.6 Å². The smallest absolute Gasteiger partial charge is 0.337 e. The summed E-state index contributed by atoms with van der Waals surface area (Å²) in [4.78, 5) is 11.6. The summed E-state index contributed by atoms with van der Waals surface area (Å²) >= 11 is 5.79. The second-order valence-corrected chi connectivity index (χ2v) is 7.17. The number of esters is 1. The Morgan fingerprint density at radius 3 is 2.43 bits per heavy atom. The molecule has 23 heavy (non-hydrogen) atoms. The van der Waals surface area contributed by atoms with Crippen molar-refractivity contribution in [2.75, 3.05) is 11.8 Å². The maximum absolute atomic E-state index is 12.3. The van der Waals surface area contributed by atoms with E-state index in [2.05, 4.69) is 9.46 Å². The first-order chi connectivity index (χ1) is 10.8. The fourth-order valence-corrected chi connectivity index (χ4v) is 3.36. The molecular weight excluding hydrogens is 338 g/mol. The second-order valence-electron chi connectivity index (χ2n) is 5.01. The number of hydrogen-bond donors (Lipinski definition) is 1. The molecule has 0 amide bonds. The molecule has 0 fully saturated rings. The summed E-state index contributed by atoms with van der Waals surface area (Å²) in [6.45, 7) is 1.75. The molecule has 2 rings (SSSR count). The molecule has 0 saturated heterocycles. The summed E-state index contributed by atoms with van der Waals surface area (Å²) in [5.41, 5.74) is 1.95. The maximum Gasteiger partial charge on any atom is 0.337 e. The van der Waals surface area contributed by atoms with Gasteiger partial charge in [-0.25, -0.2) is 13.2 Å². The summed E-state index contributed by atoms with van der Waals surface area (Å²) in [5.74, 6) is -0.713. The van der Waals surface area contributed by atoms with Crippen molar-refractivity contribution in [3.8, 4) is 0 Å². The molecule has 5 nitrogen and oxygen atoms in total. The Morgan fingerprint density at radius 1 is 1.17 bits per heavy atom. The van der Waals surface area contributed by atoms with Crippen LogP contribution in [0.1, 0.15) is 21.5 Å². The number of nitrogens with one attached hydrogen (secondary N) is 1. The molecule has 122 valence electrons. The van der Waals surface area contributed by atoms with Gasteiger partial charge < -0.3 is 4.74 Å². The molecule has 0 aliphatic heterocycles. The van der Waals surface area contributed by atoms with Crippen molar-refractivity contribution in [2.24, 2.45) is 0 Å². The largest absolute Gasteiger partial charge is 0.465 e. The van der Waals surface area contributed by atoms with Crippen molar-refractivity contribution in [2.45, 2.75) is 12.7 Å². The average molecular weight is 354 g/mol. The first-order valence-electron chi connectivity index (χ1n) is 6.74. The molecule has 7 heteroatoms. The van der Waals surface area contributed by atoms with Crippen LogP contribution in [0, 0.1) is 6.92 Å². The van der Waals surface area contributed by atoms with Crippen molar-refractivity contribution < 1.29 is 17.9 Å². The molecule has 2 aromatic carbocycles. The number of rotatable bonds is 5. The van der Waals surface area contributed by atoms with E-state index in [4.69, 9.17) is 11.6 Å². The summed E-state index contributed by atoms with van der Waals surface area (Å²) in [6, 6.07) is 11.3. The Kier molecular flexibility index (Phi) is 5.28. The lowest BCUT2D eigenvalue weighted by atomic mass is 10.1. The number of anilines is 1. The second kappa shape index (κ2) is 7.02. The fraction of sp³-hybridized carbons (Fsp3) is 0.188. The summed E-state index contributed by atoms with van der Waals surface area (Å²) in [7, 11) is -2.35. The summed E-state index contributed by atoms with van der Waals surface area (Å²) in [6.07, 6.45) is 0. The van der Waals surface area contributed by atoms with Crippen LogP contribution < -0.4 is 4.72 Å². The van der Waals surface area contributed by atoms with E-state index in [9.17, 15) is 13.2 Å². The molecule has 0 atom stereocenters. The third-order valence-electron chi connectivity index (χ3n) is 3.19. The minimum Gasteiger partial charge on any atom is -0.465 e. The minimum absolute atomic E-state index is 0.188. The number of aryl methyl sites for hydroxylation is 1. The number of benzene rings is 2. The van der Waals surface area contributed by atoms with Crippen LogP contribution in [0.5, 0.6) is 0 Å². The number of ether oxygens (including phenoxy) is 1. The zero-order chi connectivity index (χ0) is 17.0. The lowest BCUT2D eigenvalue weighted by Crippen LogP contribution is -2.16. The van der Waals surface area contributed by atoms with Crippen LogP contribution in [0.25, 0.3) is 0 Å². The zero-order valence-corrected chi connectivity index (χ0v) is 14.2. The molecule has 0 saturated carbocycles.